The first kappa shape index (κ1) is 29.9. The number of ether oxygens (including phenoxy) is 2. The maximum absolute atomic E-state index is 13.5. The van der Waals surface area contributed by atoms with Gasteiger partial charge in [-0.3, -0.25) is 13.9 Å². The van der Waals surface area contributed by atoms with Crippen molar-refractivity contribution in [3.63, 3.8) is 0 Å². The molecule has 2 amide bonds. The monoisotopic (exact) mass is 585 g/mol. The predicted molar refractivity (Wildman–Crippen MR) is 148 cm³/mol. The summed E-state index contributed by atoms with van der Waals surface area (Å²) >= 11 is 12.2. The van der Waals surface area contributed by atoms with Gasteiger partial charge in [-0.2, -0.15) is 0 Å². The second kappa shape index (κ2) is 13.4. The van der Waals surface area contributed by atoms with Gasteiger partial charge in [0.2, 0.25) is 28.6 Å². The van der Waals surface area contributed by atoms with Crippen molar-refractivity contribution >= 4 is 50.7 Å². The molecular weight excluding hydrogens is 553 g/mol. The third-order valence-electron chi connectivity index (χ3n) is 6.07. The molecule has 1 aliphatic rings. The van der Waals surface area contributed by atoms with Crippen LogP contribution < -0.4 is 19.1 Å². The average molecular weight is 587 g/mol. The third kappa shape index (κ3) is 7.68. The molecule has 0 saturated heterocycles. The minimum Gasteiger partial charge on any atom is -0.454 e. The molecular formula is C26H33Cl2N3O6S. The van der Waals surface area contributed by atoms with Crippen molar-refractivity contribution in [1.82, 2.24) is 10.2 Å². The summed E-state index contributed by atoms with van der Waals surface area (Å²) in [5, 5.41) is 3.62. The van der Waals surface area contributed by atoms with Crippen LogP contribution in [0.4, 0.5) is 5.69 Å². The molecule has 1 heterocycles. The second-order valence-corrected chi connectivity index (χ2v) is 11.7. The number of hydrogen-bond donors (Lipinski definition) is 1. The second-order valence-electron chi connectivity index (χ2n) is 8.96. The first-order valence-corrected chi connectivity index (χ1v) is 15.0. The fourth-order valence-electron chi connectivity index (χ4n) is 4.16. The molecule has 0 fully saturated rings. The van der Waals surface area contributed by atoms with Crippen LogP contribution in [0.5, 0.6) is 11.5 Å². The van der Waals surface area contributed by atoms with Crippen LogP contribution in [0.3, 0.4) is 0 Å². The van der Waals surface area contributed by atoms with Crippen molar-refractivity contribution in [3.05, 3.63) is 52.0 Å². The highest BCUT2D eigenvalue weighted by molar-refractivity contribution is 7.92. The van der Waals surface area contributed by atoms with Crippen LogP contribution in [0.1, 0.15) is 45.1 Å². The van der Waals surface area contributed by atoms with Crippen LogP contribution in [0, 0.1) is 0 Å². The summed E-state index contributed by atoms with van der Waals surface area (Å²) in [6.07, 6.45) is 2.57. The molecule has 0 aromatic heterocycles. The maximum atomic E-state index is 13.5. The van der Waals surface area contributed by atoms with E-state index in [0.29, 0.717) is 40.2 Å². The zero-order valence-electron chi connectivity index (χ0n) is 21.7. The summed E-state index contributed by atoms with van der Waals surface area (Å²) in [5.41, 5.74) is 1.15. The summed E-state index contributed by atoms with van der Waals surface area (Å²) < 4.78 is 37.1. The highest BCUT2D eigenvalue weighted by Crippen LogP contribution is 2.36. The van der Waals surface area contributed by atoms with E-state index in [4.69, 9.17) is 32.7 Å². The van der Waals surface area contributed by atoms with Crippen LogP contribution >= 0.6 is 23.2 Å². The average Bonchev–Trinajstić information content (AvgIpc) is 3.34. The van der Waals surface area contributed by atoms with Gasteiger partial charge < -0.3 is 19.7 Å². The van der Waals surface area contributed by atoms with Gasteiger partial charge in [0, 0.05) is 32.1 Å². The summed E-state index contributed by atoms with van der Waals surface area (Å²) in [5.74, 6) is 0.501. The largest absolute Gasteiger partial charge is 0.454 e. The quantitative estimate of drug-likeness (QED) is 0.368. The number of nitrogens with one attached hydrogen (secondary N) is 1. The van der Waals surface area contributed by atoms with Crippen molar-refractivity contribution < 1.29 is 27.5 Å². The van der Waals surface area contributed by atoms with Crippen molar-refractivity contribution in [1.29, 1.82) is 0 Å². The Labute approximate surface area is 234 Å². The summed E-state index contributed by atoms with van der Waals surface area (Å²) in [6.45, 7) is 4.60. The van der Waals surface area contributed by atoms with Crippen LogP contribution in [-0.2, 0) is 26.2 Å². The Morgan fingerprint density at radius 1 is 1.05 bits per heavy atom. The molecule has 1 atom stereocenters. The number of anilines is 1. The summed E-state index contributed by atoms with van der Waals surface area (Å²) in [4.78, 5) is 27.9. The number of carbonyl (C=O) groups excluding carboxylic acids is 2. The Morgan fingerprint density at radius 2 is 1.79 bits per heavy atom. The van der Waals surface area contributed by atoms with Gasteiger partial charge in [-0.25, -0.2) is 8.42 Å². The number of fused-ring (bicyclic) bond motifs is 1. The molecule has 9 nitrogen and oxygen atoms in total. The molecule has 0 spiro atoms. The standard InChI is InChI=1S/C26H33Cl2N3O6S/c1-4-12-29-26(33)22(5-2)30(16-18-8-10-20(27)21(28)14-18)25(32)7-6-13-31(38(3,34)35)19-9-11-23-24(15-19)37-17-36-23/h8-11,14-15,22H,4-7,12-13,16-17H2,1-3H3,(H,29,33)/t22-/m0/s1. The highest BCUT2D eigenvalue weighted by atomic mass is 35.5. The Morgan fingerprint density at radius 3 is 2.45 bits per heavy atom. The van der Waals surface area contributed by atoms with E-state index in [1.54, 1.807) is 36.4 Å². The third-order valence-corrected chi connectivity index (χ3v) is 8.00. The fourth-order valence-corrected chi connectivity index (χ4v) is 5.44. The van der Waals surface area contributed by atoms with E-state index in [0.717, 1.165) is 18.2 Å². The Bertz CT molecular complexity index is 1260. The number of halogens is 2. The number of nitrogens with zero attached hydrogens (tertiary/aromatic N) is 2. The molecule has 0 bridgehead atoms. The van der Waals surface area contributed by atoms with Gasteiger partial charge in [-0.05, 0) is 49.1 Å². The van der Waals surface area contributed by atoms with E-state index in [1.165, 1.54) is 9.21 Å². The molecule has 1 aliphatic heterocycles. The topological polar surface area (TPSA) is 105 Å². The van der Waals surface area contributed by atoms with Gasteiger partial charge in [-0.1, -0.05) is 43.1 Å². The minimum atomic E-state index is -3.63. The molecule has 0 radical (unpaired) electrons. The van der Waals surface area contributed by atoms with Gasteiger partial charge >= 0.3 is 0 Å². The van der Waals surface area contributed by atoms with E-state index in [2.05, 4.69) is 5.32 Å². The van der Waals surface area contributed by atoms with Crippen LogP contribution in [0.15, 0.2) is 36.4 Å². The molecule has 3 rings (SSSR count). The lowest BCUT2D eigenvalue weighted by Gasteiger charge is -2.31. The molecule has 38 heavy (non-hydrogen) atoms. The summed E-state index contributed by atoms with van der Waals surface area (Å²) in [6, 6.07) is 9.28. The Balaban J connectivity index is 1.77. The van der Waals surface area contributed by atoms with Gasteiger partial charge in [-0.15, -0.1) is 0 Å². The Kier molecular flexibility index (Phi) is 10.5. The summed E-state index contributed by atoms with van der Waals surface area (Å²) in [7, 11) is -3.63. The molecule has 2 aromatic carbocycles. The van der Waals surface area contributed by atoms with Crippen molar-refractivity contribution in [2.75, 3.05) is 30.4 Å². The number of amides is 2. The molecule has 0 aliphatic carbocycles. The van der Waals surface area contributed by atoms with Crippen LogP contribution in [0.25, 0.3) is 0 Å². The van der Waals surface area contributed by atoms with Crippen LogP contribution in [-0.4, -0.2) is 57.3 Å². The van der Waals surface area contributed by atoms with Crippen LogP contribution in [0.2, 0.25) is 10.0 Å². The smallest absolute Gasteiger partial charge is 0.242 e. The molecule has 1 N–H and O–H groups in total. The molecule has 208 valence electrons. The number of benzene rings is 2. The molecule has 2 aromatic rings. The van der Waals surface area contributed by atoms with Gasteiger partial charge in [0.15, 0.2) is 11.5 Å². The first-order valence-electron chi connectivity index (χ1n) is 12.4. The van der Waals surface area contributed by atoms with Gasteiger partial charge in [0.05, 0.1) is 22.0 Å². The van der Waals surface area contributed by atoms with Crippen molar-refractivity contribution in [3.8, 4) is 11.5 Å². The molecule has 0 saturated carbocycles. The number of hydrogen-bond acceptors (Lipinski definition) is 6. The van der Waals surface area contributed by atoms with Crippen molar-refractivity contribution in [2.24, 2.45) is 0 Å². The first-order chi connectivity index (χ1) is 18.0. The lowest BCUT2D eigenvalue weighted by molar-refractivity contribution is -0.141. The predicted octanol–water partition coefficient (Wildman–Crippen LogP) is 4.60. The van der Waals surface area contributed by atoms with E-state index < -0.39 is 16.1 Å². The normalized spacial score (nSPS) is 13.2. The zero-order valence-corrected chi connectivity index (χ0v) is 24.0. The van der Waals surface area contributed by atoms with E-state index in [9.17, 15) is 18.0 Å². The lowest BCUT2D eigenvalue weighted by Crippen LogP contribution is -2.49. The fraction of sp³-hybridized carbons (Fsp3) is 0.462. The van der Waals surface area contributed by atoms with E-state index >= 15 is 0 Å². The number of carbonyl (C=O) groups is 2. The number of rotatable bonds is 13. The van der Waals surface area contributed by atoms with Gasteiger partial charge in [0.1, 0.15) is 6.04 Å². The molecule has 0 unspecified atom stereocenters. The Hall–Kier alpha value is -2.69. The minimum absolute atomic E-state index is 0.0372. The highest BCUT2D eigenvalue weighted by Gasteiger charge is 2.29. The molecule has 12 heteroatoms. The zero-order chi connectivity index (χ0) is 27.9. The maximum Gasteiger partial charge on any atom is 0.242 e. The van der Waals surface area contributed by atoms with E-state index in [-0.39, 0.29) is 44.5 Å². The van der Waals surface area contributed by atoms with E-state index in [1.807, 2.05) is 13.8 Å². The lowest BCUT2D eigenvalue weighted by atomic mass is 10.1. The number of sulfonamides is 1. The SMILES string of the molecule is CCCNC(=O)[C@H](CC)N(Cc1ccc(Cl)c(Cl)c1)C(=O)CCCN(c1ccc2c(c1)OCO2)S(C)(=O)=O. The van der Waals surface area contributed by atoms with Gasteiger partial charge in [0.25, 0.3) is 0 Å². The van der Waals surface area contributed by atoms with Crippen molar-refractivity contribution in [2.45, 2.75) is 52.1 Å².